The second-order valence-corrected chi connectivity index (χ2v) is 6.05. The maximum Gasteiger partial charge on any atom is 0.222 e. The number of fused-ring (bicyclic) bond motifs is 1. The number of rotatable bonds is 3. The summed E-state index contributed by atoms with van der Waals surface area (Å²) in [5.41, 5.74) is 6.31. The molecule has 0 saturated heterocycles. The van der Waals surface area contributed by atoms with Crippen molar-refractivity contribution in [1.82, 2.24) is 19.9 Å². The fraction of sp³-hybridized carbons (Fsp3) is 0.100. The summed E-state index contributed by atoms with van der Waals surface area (Å²) in [4.78, 5) is 28.2. The molecule has 4 heterocycles. The van der Waals surface area contributed by atoms with E-state index in [1.54, 1.807) is 12.4 Å². The largest absolute Gasteiger partial charge is 0.353 e. The van der Waals surface area contributed by atoms with Gasteiger partial charge in [-0.25, -0.2) is 4.98 Å². The maximum atomic E-state index is 11.3. The van der Waals surface area contributed by atoms with Crippen LogP contribution in [0, 0.1) is 6.92 Å². The van der Waals surface area contributed by atoms with Crippen LogP contribution in [0.15, 0.2) is 54.9 Å². The second-order valence-electron chi connectivity index (χ2n) is 6.05. The smallest absolute Gasteiger partial charge is 0.222 e. The number of aromatic nitrogens is 4. The number of carbonyl (C=O) groups is 1. The van der Waals surface area contributed by atoms with Crippen LogP contribution in [0.25, 0.3) is 33.5 Å². The number of pyridine rings is 3. The van der Waals surface area contributed by atoms with Crippen LogP contribution >= 0.6 is 0 Å². The van der Waals surface area contributed by atoms with Gasteiger partial charge in [0.1, 0.15) is 5.82 Å². The van der Waals surface area contributed by atoms with Gasteiger partial charge in [0.2, 0.25) is 5.91 Å². The number of nitrogens with zero attached hydrogens (tertiary/aromatic N) is 3. The van der Waals surface area contributed by atoms with E-state index in [2.05, 4.69) is 20.3 Å². The Morgan fingerprint density at radius 3 is 2.73 bits per heavy atom. The highest BCUT2D eigenvalue weighted by Gasteiger charge is 2.17. The van der Waals surface area contributed by atoms with Gasteiger partial charge in [-0.3, -0.25) is 14.8 Å². The number of amides is 1. The minimum atomic E-state index is -0.159. The van der Waals surface area contributed by atoms with Gasteiger partial charge < -0.3 is 10.3 Å². The predicted octanol–water partition coefficient (Wildman–Crippen LogP) is 3.95. The van der Waals surface area contributed by atoms with Crippen molar-refractivity contribution >= 4 is 22.8 Å². The third-order valence-electron chi connectivity index (χ3n) is 4.05. The molecule has 0 unspecified atom stereocenters. The molecule has 0 aliphatic rings. The van der Waals surface area contributed by atoms with E-state index >= 15 is 0 Å². The maximum absolute atomic E-state index is 11.3. The van der Waals surface area contributed by atoms with E-state index in [9.17, 15) is 4.79 Å². The number of hydrogen-bond donors (Lipinski definition) is 2. The summed E-state index contributed by atoms with van der Waals surface area (Å²) < 4.78 is 0. The standard InChI is InChI=1S/C20H17N5O/c1-12-6-7-16-20(23-12)18(15-5-3-4-9-21-15)19(25-16)14-8-10-22-17(11-14)24-13(2)26/h3-11,25H,1-2H3,(H,22,24,26). The monoisotopic (exact) mass is 343 g/mol. The Labute approximate surface area is 150 Å². The molecule has 128 valence electrons. The first-order valence-electron chi connectivity index (χ1n) is 8.26. The lowest BCUT2D eigenvalue weighted by Gasteiger charge is -2.07. The van der Waals surface area contributed by atoms with Gasteiger partial charge in [-0.1, -0.05) is 6.07 Å². The Hall–Kier alpha value is -3.54. The molecule has 0 fully saturated rings. The van der Waals surface area contributed by atoms with Gasteiger partial charge in [0, 0.05) is 30.6 Å². The average molecular weight is 343 g/mol. The highest BCUT2D eigenvalue weighted by molar-refractivity contribution is 6.01. The molecule has 2 N–H and O–H groups in total. The number of carbonyl (C=O) groups excluding carboxylic acids is 1. The van der Waals surface area contributed by atoms with Gasteiger partial charge in [-0.2, -0.15) is 0 Å². The van der Waals surface area contributed by atoms with Crippen LogP contribution in [0.5, 0.6) is 0 Å². The van der Waals surface area contributed by atoms with E-state index in [1.807, 2.05) is 49.4 Å². The molecule has 0 bridgehead atoms. The lowest BCUT2D eigenvalue weighted by Crippen LogP contribution is -2.07. The normalized spacial score (nSPS) is 10.8. The summed E-state index contributed by atoms with van der Waals surface area (Å²) in [6, 6.07) is 13.5. The summed E-state index contributed by atoms with van der Waals surface area (Å²) in [5.74, 6) is 0.346. The fourth-order valence-corrected chi connectivity index (χ4v) is 2.98. The number of aromatic amines is 1. The molecule has 4 rings (SSSR count). The van der Waals surface area contributed by atoms with Gasteiger partial charge in [-0.15, -0.1) is 0 Å². The predicted molar refractivity (Wildman–Crippen MR) is 102 cm³/mol. The molecule has 0 radical (unpaired) electrons. The first kappa shape index (κ1) is 16.0. The Morgan fingerprint density at radius 2 is 1.96 bits per heavy atom. The Morgan fingerprint density at radius 1 is 1.08 bits per heavy atom. The Balaban J connectivity index is 1.97. The van der Waals surface area contributed by atoms with E-state index in [4.69, 9.17) is 4.98 Å². The van der Waals surface area contributed by atoms with Crippen molar-refractivity contribution in [3.63, 3.8) is 0 Å². The van der Waals surface area contributed by atoms with Crippen LogP contribution in [0.4, 0.5) is 5.82 Å². The first-order chi connectivity index (χ1) is 12.6. The topological polar surface area (TPSA) is 83.6 Å². The number of hydrogen-bond acceptors (Lipinski definition) is 4. The number of H-pyrrole nitrogens is 1. The van der Waals surface area contributed by atoms with E-state index in [0.717, 1.165) is 39.2 Å². The molecule has 0 aliphatic carbocycles. The highest BCUT2D eigenvalue weighted by atomic mass is 16.1. The highest BCUT2D eigenvalue weighted by Crippen LogP contribution is 2.36. The minimum absolute atomic E-state index is 0.159. The van der Waals surface area contributed by atoms with Crippen molar-refractivity contribution in [1.29, 1.82) is 0 Å². The van der Waals surface area contributed by atoms with Crippen molar-refractivity contribution in [2.24, 2.45) is 0 Å². The zero-order valence-corrected chi connectivity index (χ0v) is 14.4. The molecule has 0 aromatic carbocycles. The molecule has 26 heavy (non-hydrogen) atoms. The molecule has 0 atom stereocenters. The lowest BCUT2D eigenvalue weighted by molar-refractivity contribution is -0.114. The van der Waals surface area contributed by atoms with E-state index in [1.165, 1.54) is 6.92 Å². The van der Waals surface area contributed by atoms with Gasteiger partial charge in [-0.05, 0) is 43.3 Å². The first-order valence-corrected chi connectivity index (χ1v) is 8.26. The SMILES string of the molecule is CC(=O)Nc1cc(-c2[nH]c3ccc(C)nc3c2-c2ccccn2)ccn1. The van der Waals surface area contributed by atoms with Crippen LogP contribution in [0.2, 0.25) is 0 Å². The molecule has 4 aromatic heterocycles. The van der Waals surface area contributed by atoms with Crippen LogP contribution in [0.1, 0.15) is 12.6 Å². The third kappa shape index (κ3) is 2.93. The molecule has 6 nitrogen and oxygen atoms in total. The summed E-state index contributed by atoms with van der Waals surface area (Å²) >= 11 is 0. The third-order valence-corrected chi connectivity index (χ3v) is 4.05. The molecular weight excluding hydrogens is 326 g/mol. The van der Waals surface area contributed by atoms with Crippen molar-refractivity contribution in [3.05, 3.63) is 60.6 Å². The summed E-state index contributed by atoms with van der Waals surface area (Å²) in [7, 11) is 0. The van der Waals surface area contributed by atoms with E-state index < -0.39 is 0 Å². The van der Waals surface area contributed by atoms with Crippen molar-refractivity contribution < 1.29 is 4.79 Å². The Bertz CT molecular complexity index is 1100. The lowest BCUT2D eigenvalue weighted by atomic mass is 10.0. The fourth-order valence-electron chi connectivity index (χ4n) is 2.98. The average Bonchev–Trinajstić information content (AvgIpc) is 3.01. The summed E-state index contributed by atoms with van der Waals surface area (Å²) in [5, 5.41) is 2.72. The quantitative estimate of drug-likeness (QED) is 0.590. The molecule has 0 saturated carbocycles. The second kappa shape index (κ2) is 6.40. The van der Waals surface area contributed by atoms with Gasteiger partial charge in [0.15, 0.2) is 0 Å². The van der Waals surface area contributed by atoms with Crippen molar-refractivity contribution in [2.75, 3.05) is 5.32 Å². The zero-order chi connectivity index (χ0) is 18.1. The Kier molecular flexibility index (Phi) is 3.93. The molecule has 0 aliphatic heterocycles. The van der Waals surface area contributed by atoms with Crippen molar-refractivity contribution in [3.8, 4) is 22.5 Å². The van der Waals surface area contributed by atoms with Crippen molar-refractivity contribution in [2.45, 2.75) is 13.8 Å². The zero-order valence-electron chi connectivity index (χ0n) is 14.4. The molecule has 4 aromatic rings. The number of nitrogens with one attached hydrogen (secondary N) is 2. The minimum Gasteiger partial charge on any atom is -0.353 e. The van der Waals surface area contributed by atoms with Gasteiger partial charge in [0.05, 0.1) is 28.0 Å². The number of anilines is 1. The number of aryl methyl sites for hydroxylation is 1. The van der Waals surface area contributed by atoms with Crippen LogP contribution in [0.3, 0.4) is 0 Å². The summed E-state index contributed by atoms with van der Waals surface area (Å²) in [6.07, 6.45) is 3.44. The van der Waals surface area contributed by atoms with Crippen LogP contribution in [-0.2, 0) is 4.79 Å². The molecule has 0 spiro atoms. The summed E-state index contributed by atoms with van der Waals surface area (Å²) in [6.45, 7) is 3.43. The van der Waals surface area contributed by atoms with E-state index in [-0.39, 0.29) is 5.91 Å². The van der Waals surface area contributed by atoms with Crippen LogP contribution in [-0.4, -0.2) is 25.8 Å². The van der Waals surface area contributed by atoms with Gasteiger partial charge >= 0.3 is 0 Å². The molecular formula is C20H17N5O. The van der Waals surface area contributed by atoms with Crippen LogP contribution < -0.4 is 5.32 Å². The van der Waals surface area contributed by atoms with E-state index in [0.29, 0.717) is 5.82 Å². The molecule has 6 heteroatoms. The molecule has 1 amide bonds. The van der Waals surface area contributed by atoms with Gasteiger partial charge in [0.25, 0.3) is 0 Å².